The van der Waals surface area contributed by atoms with Crippen molar-refractivity contribution in [2.45, 2.75) is 26.2 Å². The Balaban J connectivity index is 1.89. The Bertz CT molecular complexity index is 747. The molecule has 0 aromatic heterocycles. The molecule has 23 heavy (non-hydrogen) atoms. The quantitative estimate of drug-likeness (QED) is 0.483. The lowest BCUT2D eigenvalue weighted by Gasteiger charge is -2.29. The summed E-state index contributed by atoms with van der Waals surface area (Å²) in [6.45, 7) is 3.09. The predicted octanol–water partition coefficient (Wildman–Crippen LogP) is 1.20. The molecule has 2 aliphatic heterocycles. The molecule has 7 nitrogen and oxygen atoms in total. The largest absolute Gasteiger partial charge is 0.419 e. The minimum absolute atomic E-state index is 0.209. The van der Waals surface area contributed by atoms with Gasteiger partial charge >= 0.3 is 11.9 Å². The van der Waals surface area contributed by atoms with Crippen LogP contribution in [-0.4, -0.2) is 23.6 Å². The number of hydrogen-bond acceptors (Lipinski definition) is 6. The van der Waals surface area contributed by atoms with E-state index >= 15 is 0 Å². The van der Waals surface area contributed by atoms with Crippen molar-refractivity contribution in [1.29, 1.82) is 0 Å². The Labute approximate surface area is 130 Å². The number of halogens is 1. The molecule has 0 aliphatic carbocycles. The van der Waals surface area contributed by atoms with Gasteiger partial charge in [0.1, 0.15) is 5.82 Å². The van der Waals surface area contributed by atoms with Crippen LogP contribution in [0.3, 0.4) is 0 Å². The van der Waals surface area contributed by atoms with Gasteiger partial charge in [-0.2, -0.15) is 0 Å². The zero-order valence-corrected chi connectivity index (χ0v) is 12.4. The van der Waals surface area contributed by atoms with E-state index in [2.05, 4.69) is 10.6 Å². The summed E-state index contributed by atoms with van der Waals surface area (Å²) in [4.78, 5) is 35.2. The fourth-order valence-corrected chi connectivity index (χ4v) is 2.35. The smallest absolute Gasteiger partial charge is 0.350 e. The third kappa shape index (κ3) is 2.75. The Morgan fingerprint density at radius 2 is 1.87 bits per heavy atom. The summed E-state index contributed by atoms with van der Waals surface area (Å²) in [5.41, 5.74) is 0.683. The molecule has 2 aliphatic rings. The van der Waals surface area contributed by atoms with Gasteiger partial charge in [0, 0.05) is 43.4 Å². The molecular weight excluding hydrogens is 307 g/mol. The van der Waals surface area contributed by atoms with Gasteiger partial charge in [0.25, 0.3) is 11.7 Å². The fourth-order valence-electron chi connectivity index (χ4n) is 2.35. The van der Waals surface area contributed by atoms with Gasteiger partial charge in [0.2, 0.25) is 0 Å². The van der Waals surface area contributed by atoms with Gasteiger partial charge in [-0.25, -0.2) is 14.0 Å². The molecule has 1 aromatic rings. The lowest BCUT2D eigenvalue weighted by Crippen LogP contribution is -2.42. The zero-order chi connectivity index (χ0) is 16.8. The number of cyclic esters (lactones) is 2. The summed E-state index contributed by atoms with van der Waals surface area (Å²) in [6.07, 6.45) is 1.08. The summed E-state index contributed by atoms with van der Waals surface area (Å²) in [5.74, 6) is -4.02. The molecule has 2 N–H and O–H groups in total. The number of anilines is 1. The number of carbonyl (C=O) groups excluding carboxylic acids is 3. The Hall–Kier alpha value is -2.90. The van der Waals surface area contributed by atoms with Gasteiger partial charge in [0.05, 0.1) is 0 Å². The number of carbonyl (C=O) groups is 3. The van der Waals surface area contributed by atoms with Crippen LogP contribution in [0.15, 0.2) is 23.9 Å². The van der Waals surface area contributed by atoms with E-state index in [-0.39, 0.29) is 29.3 Å². The van der Waals surface area contributed by atoms with Crippen LogP contribution in [0.4, 0.5) is 10.1 Å². The van der Waals surface area contributed by atoms with E-state index in [4.69, 9.17) is 9.47 Å². The van der Waals surface area contributed by atoms with E-state index in [1.807, 2.05) is 0 Å². The van der Waals surface area contributed by atoms with E-state index in [0.717, 1.165) is 12.3 Å². The molecule has 1 fully saturated rings. The predicted molar refractivity (Wildman–Crippen MR) is 75.5 cm³/mol. The fraction of sp³-hybridized carbons (Fsp3) is 0.267. The minimum Gasteiger partial charge on any atom is -0.419 e. The number of ether oxygens (including phenoxy) is 2. The molecule has 0 saturated carbocycles. The van der Waals surface area contributed by atoms with Gasteiger partial charge < -0.3 is 20.1 Å². The van der Waals surface area contributed by atoms with Crippen molar-refractivity contribution >= 4 is 23.5 Å². The Morgan fingerprint density at radius 3 is 2.52 bits per heavy atom. The molecule has 8 heteroatoms. The van der Waals surface area contributed by atoms with Gasteiger partial charge in [-0.05, 0) is 12.1 Å². The van der Waals surface area contributed by atoms with Crippen LogP contribution in [0.2, 0.25) is 0 Å². The molecule has 1 amide bonds. The van der Waals surface area contributed by atoms with E-state index in [1.165, 1.54) is 19.9 Å². The maximum Gasteiger partial charge on any atom is 0.350 e. The van der Waals surface area contributed by atoms with Crippen LogP contribution >= 0.6 is 0 Å². The maximum absolute atomic E-state index is 13.6. The average molecular weight is 320 g/mol. The molecule has 0 bridgehead atoms. The van der Waals surface area contributed by atoms with Crippen molar-refractivity contribution in [3.05, 3.63) is 40.8 Å². The van der Waals surface area contributed by atoms with Crippen molar-refractivity contribution in [2.24, 2.45) is 0 Å². The van der Waals surface area contributed by atoms with E-state index < -0.39 is 23.5 Å². The summed E-state index contributed by atoms with van der Waals surface area (Å²) < 4.78 is 23.5. The lowest BCUT2D eigenvalue weighted by molar-refractivity contribution is -0.222. The second kappa shape index (κ2) is 5.08. The highest BCUT2D eigenvalue weighted by Gasteiger charge is 2.39. The number of esters is 2. The monoisotopic (exact) mass is 320 g/mol. The van der Waals surface area contributed by atoms with Crippen LogP contribution in [0.1, 0.15) is 29.8 Å². The average Bonchev–Trinajstić information content (AvgIpc) is 2.78. The van der Waals surface area contributed by atoms with Crippen molar-refractivity contribution in [3.8, 4) is 0 Å². The number of hydrogen-bond donors (Lipinski definition) is 2. The summed E-state index contributed by atoms with van der Waals surface area (Å²) in [7, 11) is 0. The molecule has 1 saturated heterocycles. The summed E-state index contributed by atoms with van der Waals surface area (Å²) >= 11 is 0. The van der Waals surface area contributed by atoms with Crippen LogP contribution in [0.25, 0.3) is 0 Å². The molecule has 0 unspecified atom stereocenters. The number of amides is 1. The third-order valence-corrected chi connectivity index (χ3v) is 3.37. The molecule has 0 spiro atoms. The molecule has 0 radical (unpaired) electrons. The van der Waals surface area contributed by atoms with Gasteiger partial charge in [-0.1, -0.05) is 0 Å². The number of fused-ring (bicyclic) bond motifs is 1. The highest BCUT2D eigenvalue weighted by Crippen LogP contribution is 2.27. The number of benzene rings is 1. The standard InChI is InChI=1S/C15H13FN2O5/c1-15(2)22-13(20)10(14(21)23-15)6-17-11-4-7(16)3-8-9(11)5-18-12(8)19/h3-4,6,17H,5H2,1-2H3,(H,18,19). The van der Waals surface area contributed by atoms with Crippen LogP contribution < -0.4 is 10.6 Å². The van der Waals surface area contributed by atoms with Crippen molar-refractivity contribution < 1.29 is 28.2 Å². The molecule has 2 heterocycles. The molecular formula is C15H13FN2O5. The van der Waals surface area contributed by atoms with Crippen LogP contribution in [0, 0.1) is 5.82 Å². The molecule has 3 rings (SSSR count). The highest BCUT2D eigenvalue weighted by atomic mass is 19.1. The Morgan fingerprint density at radius 1 is 1.22 bits per heavy atom. The van der Waals surface area contributed by atoms with Crippen molar-refractivity contribution in [2.75, 3.05) is 5.32 Å². The van der Waals surface area contributed by atoms with Crippen LogP contribution in [0.5, 0.6) is 0 Å². The third-order valence-electron chi connectivity index (χ3n) is 3.37. The Kier molecular flexibility index (Phi) is 3.32. The molecule has 0 atom stereocenters. The maximum atomic E-state index is 13.6. The molecule has 1 aromatic carbocycles. The normalized spacial score (nSPS) is 18.7. The van der Waals surface area contributed by atoms with Gasteiger partial charge in [-0.3, -0.25) is 4.79 Å². The highest BCUT2D eigenvalue weighted by molar-refractivity contribution is 6.15. The topological polar surface area (TPSA) is 93.7 Å². The zero-order valence-electron chi connectivity index (χ0n) is 12.4. The van der Waals surface area contributed by atoms with Crippen molar-refractivity contribution in [3.63, 3.8) is 0 Å². The van der Waals surface area contributed by atoms with Gasteiger partial charge in [-0.15, -0.1) is 0 Å². The van der Waals surface area contributed by atoms with Gasteiger partial charge in [0.15, 0.2) is 5.57 Å². The first-order valence-electron chi connectivity index (χ1n) is 6.81. The van der Waals surface area contributed by atoms with Crippen molar-refractivity contribution in [1.82, 2.24) is 5.32 Å². The van der Waals surface area contributed by atoms with E-state index in [9.17, 15) is 18.8 Å². The molecule has 120 valence electrons. The van der Waals surface area contributed by atoms with E-state index in [1.54, 1.807) is 0 Å². The van der Waals surface area contributed by atoms with Crippen LogP contribution in [-0.2, 0) is 25.6 Å². The second-order valence-electron chi connectivity index (χ2n) is 5.54. The first-order chi connectivity index (χ1) is 10.8. The minimum atomic E-state index is -1.33. The first kappa shape index (κ1) is 15.0. The number of rotatable bonds is 2. The summed E-state index contributed by atoms with van der Waals surface area (Å²) in [6, 6.07) is 2.29. The lowest BCUT2D eigenvalue weighted by atomic mass is 10.1. The second-order valence-corrected chi connectivity index (χ2v) is 5.54. The van der Waals surface area contributed by atoms with E-state index in [0.29, 0.717) is 5.56 Å². The first-order valence-corrected chi connectivity index (χ1v) is 6.81. The number of nitrogens with one attached hydrogen (secondary N) is 2. The SMILES string of the molecule is CC1(C)OC(=O)C(=CNc2cc(F)cc3c2CNC3=O)C(=O)O1. The summed E-state index contributed by atoms with van der Waals surface area (Å²) in [5, 5.41) is 5.24.